The molecule has 3 aromatic rings. The van der Waals surface area contributed by atoms with Gasteiger partial charge in [-0.3, -0.25) is 0 Å². The molecule has 3 aromatic heterocycles. The van der Waals surface area contributed by atoms with Crippen LogP contribution >= 0.6 is 0 Å². The lowest BCUT2D eigenvalue weighted by Crippen LogP contribution is -1.99. The summed E-state index contributed by atoms with van der Waals surface area (Å²) in [4.78, 5) is 20.8. The van der Waals surface area contributed by atoms with Gasteiger partial charge in [-0.2, -0.15) is 0 Å². The minimum atomic E-state index is 0.694. The van der Waals surface area contributed by atoms with Crippen LogP contribution in [0.1, 0.15) is 25.2 Å². The Morgan fingerprint density at radius 2 is 1.22 bits per heavy atom. The van der Waals surface area contributed by atoms with Crippen LogP contribution in [0.4, 0.5) is 11.6 Å². The zero-order valence-electron chi connectivity index (χ0n) is 13.1. The lowest BCUT2D eigenvalue weighted by molar-refractivity contribution is 1.24. The second-order valence-electron chi connectivity index (χ2n) is 5.06. The van der Waals surface area contributed by atoms with Crippen LogP contribution in [0.25, 0.3) is 0 Å². The molecule has 0 aliphatic heterocycles. The number of nitrogens with one attached hydrogen (secondary N) is 1. The largest absolute Gasteiger partial charge is 0.353 e. The molecule has 3 rings (SSSR count). The minimum absolute atomic E-state index is 0.694. The van der Waals surface area contributed by atoms with E-state index in [9.17, 15) is 0 Å². The van der Waals surface area contributed by atoms with Gasteiger partial charge in [0.2, 0.25) is 0 Å². The average Bonchev–Trinajstić information content (AvgIpc) is 3.07. The van der Waals surface area contributed by atoms with Crippen molar-refractivity contribution in [2.24, 2.45) is 9.98 Å². The lowest BCUT2D eigenvalue weighted by Gasteiger charge is -1.99. The van der Waals surface area contributed by atoms with Gasteiger partial charge in [-0.05, 0) is 50.2 Å². The summed E-state index contributed by atoms with van der Waals surface area (Å²) in [7, 11) is 0. The summed E-state index contributed by atoms with van der Waals surface area (Å²) < 4.78 is 0. The van der Waals surface area contributed by atoms with Gasteiger partial charge in [0.1, 0.15) is 0 Å². The highest BCUT2D eigenvalue weighted by Gasteiger charge is 2.05. The van der Waals surface area contributed by atoms with Crippen LogP contribution in [0.15, 0.2) is 70.9 Å². The molecule has 0 unspecified atom stereocenters. The molecular formula is C18H17N5. The SMILES string of the molecule is C/C(=N\c1ccccn1)c1ccc(/C(C)=N/c2ccccn2)[nH]1. The fraction of sp³-hybridized carbons (Fsp3) is 0.111. The number of aliphatic imine (C=N–C) groups is 2. The van der Waals surface area contributed by atoms with Crippen molar-refractivity contribution in [3.63, 3.8) is 0 Å². The fourth-order valence-corrected chi connectivity index (χ4v) is 2.12. The predicted octanol–water partition coefficient (Wildman–Crippen LogP) is 4.09. The van der Waals surface area contributed by atoms with E-state index < -0.39 is 0 Å². The van der Waals surface area contributed by atoms with Gasteiger partial charge < -0.3 is 4.98 Å². The Kier molecular flexibility index (Phi) is 4.38. The molecule has 0 fully saturated rings. The molecule has 0 aromatic carbocycles. The molecule has 0 aliphatic carbocycles. The highest BCUT2D eigenvalue weighted by atomic mass is 14.9. The Hall–Kier alpha value is -3.08. The fourth-order valence-electron chi connectivity index (χ4n) is 2.12. The summed E-state index contributed by atoms with van der Waals surface area (Å²) in [6, 6.07) is 15.3. The molecule has 1 N–H and O–H groups in total. The third-order valence-corrected chi connectivity index (χ3v) is 3.33. The zero-order valence-corrected chi connectivity index (χ0v) is 13.1. The van der Waals surface area contributed by atoms with E-state index in [0.29, 0.717) is 11.6 Å². The van der Waals surface area contributed by atoms with E-state index in [0.717, 1.165) is 22.8 Å². The topological polar surface area (TPSA) is 66.3 Å². The number of H-pyrrole nitrogens is 1. The number of hydrogen-bond donors (Lipinski definition) is 1. The molecule has 0 radical (unpaired) electrons. The van der Waals surface area contributed by atoms with Gasteiger partial charge >= 0.3 is 0 Å². The quantitative estimate of drug-likeness (QED) is 0.738. The Morgan fingerprint density at radius 3 is 1.61 bits per heavy atom. The van der Waals surface area contributed by atoms with E-state index in [4.69, 9.17) is 0 Å². The van der Waals surface area contributed by atoms with Crippen molar-refractivity contribution in [1.29, 1.82) is 0 Å². The van der Waals surface area contributed by atoms with Gasteiger partial charge in [-0.1, -0.05) is 12.1 Å². The number of pyridine rings is 2. The maximum atomic E-state index is 4.51. The molecule has 5 heteroatoms. The lowest BCUT2D eigenvalue weighted by atomic mass is 10.3. The molecule has 0 saturated carbocycles. The summed E-state index contributed by atoms with van der Waals surface area (Å²) in [6.07, 6.45) is 3.46. The molecule has 114 valence electrons. The van der Waals surface area contributed by atoms with Crippen molar-refractivity contribution in [3.05, 3.63) is 72.3 Å². The average molecular weight is 303 g/mol. The summed E-state index contributed by atoms with van der Waals surface area (Å²) in [5.74, 6) is 1.39. The molecule has 0 bridgehead atoms. The second kappa shape index (κ2) is 6.79. The van der Waals surface area contributed by atoms with E-state index in [1.807, 2.05) is 62.4 Å². The maximum absolute atomic E-state index is 4.51. The molecule has 5 nitrogen and oxygen atoms in total. The van der Waals surface area contributed by atoms with Crippen LogP contribution in [0.5, 0.6) is 0 Å². The highest BCUT2D eigenvalue weighted by molar-refractivity contribution is 6.03. The second-order valence-corrected chi connectivity index (χ2v) is 5.06. The Balaban J connectivity index is 1.83. The van der Waals surface area contributed by atoms with E-state index >= 15 is 0 Å². The number of rotatable bonds is 4. The Morgan fingerprint density at radius 1 is 0.739 bits per heavy atom. The summed E-state index contributed by atoms with van der Waals surface area (Å²) >= 11 is 0. The van der Waals surface area contributed by atoms with Crippen LogP contribution in [0, 0.1) is 0 Å². The number of aromatic amines is 1. The van der Waals surface area contributed by atoms with Crippen molar-refractivity contribution in [2.75, 3.05) is 0 Å². The number of hydrogen-bond acceptors (Lipinski definition) is 4. The molecule has 0 spiro atoms. The van der Waals surface area contributed by atoms with Crippen molar-refractivity contribution >= 4 is 23.1 Å². The van der Waals surface area contributed by atoms with Crippen molar-refractivity contribution in [1.82, 2.24) is 15.0 Å². The first-order valence-electron chi connectivity index (χ1n) is 7.35. The number of nitrogens with zero attached hydrogens (tertiary/aromatic N) is 4. The zero-order chi connectivity index (χ0) is 16.1. The van der Waals surface area contributed by atoms with Crippen LogP contribution in [0.3, 0.4) is 0 Å². The molecule has 0 aliphatic rings. The van der Waals surface area contributed by atoms with E-state index in [1.165, 1.54) is 0 Å². The molecule has 3 heterocycles. The summed E-state index contributed by atoms with van der Waals surface area (Å²) in [5.41, 5.74) is 3.64. The standard InChI is InChI=1S/C18H17N5/c1-13(21-17-7-3-5-11-19-17)15-9-10-16(23-15)14(2)22-18-8-4-6-12-20-18/h3-12,23H,1-2H3/b21-13+,22-14+. The predicted molar refractivity (Wildman–Crippen MR) is 93.0 cm³/mol. The van der Waals surface area contributed by atoms with Crippen molar-refractivity contribution in [2.45, 2.75) is 13.8 Å². The normalized spacial score (nSPS) is 12.4. The van der Waals surface area contributed by atoms with E-state index in [2.05, 4.69) is 24.9 Å². The first-order valence-corrected chi connectivity index (χ1v) is 7.35. The minimum Gasteiger partial charge on any atom is -0.353 e. The van der Waals surface area contributed by atoms with Gasteiger partial charge in [0.25, 0.3) is 0 Å². The molecule has 0 saturated heterocycles. The third kappa shape index (κ3) is 3.77. The maximum Gasteiger partial charge on any atom is 0.152 e. The van der Waals surface area contributed by atoms with Gasteiger partial charge in [0.15, 0.2) is 11.6 Å². The number of aromatic nitrogens is 3. The van der Waals surface area contributed by atoms with E-state index in [-0.39, 0.29) is 0 Å². The highest BCUT2D eigenvalue weighted by Crippen LogP contribution is 2.13. The van der Waals surface area contributed by atoms with E-state index in [1.54, 1.807) is 12.4 Å². The van der Waals surface area contributed by atoms with Crippen molar-refractivity contribution in [3.8, 4) is 0 Å². The van der Waals surface area contributed by atoms with Gasteiger partial charge in [0, 0.05) is 12.4 Å². The first kappa shape index (κ1) is 14.8. The third-order valence-electron chi connectivity index (χ3n) is 3.33. The summed E-state index contributed by atoms with van der Waals surface area (Å²) in [6.45, 7) is 3.91. The summed E-state index contributed by atoms with van der Waals surface area (Å²) in [5, 5.41) is 0. The van der Waals surface area contributed by atoms with Crippen LogP contribution in [-0.2, 0) is 0 Å². The van der Waals surface area contributed by atoms with Crippen LogP contribution in [-0.4, -0.2) is 26.4 Å². The molecule has 0 amide bonds. The van der Waals surface area contributed by atoms with Gasteiger partial charge in [0.05, 0.1) is 22.8 Å². The van der Waals surface area contributed by atoms with Crippen LogP contribution in [0.2, 0.25) is 0 Å². The Bertz CT molecular complexity index is 762. The Labute approximate surface area is 134 Å². The molecular weight excluding hydrogens is 286 g/mol. The molecule has 0 atom stereocenters. The molecule has 23 heavy (non-hydrogen) atoms. The van der Waals surface area contributed by atoms with Gasteiger partial charge in [-0.25, -0.2) is 20.0 Å². The smallest absolute Gasteiger partial charge is 0.152 e. The van der Waals surface area contributed by atoms with Crippen LogP contribution < -0.4 is 0 Å². The monoisotopic (exact) mass is 303 g/mol. The first-order chi connectivity index (χ1) is 11.2. The van der Waals surface area contributed by atoms with Gasteiger partial charge in [-0.15, -0.1) is 0 Å². The van der Waals surface area contributed by atoms with Crippen molar-refractivity contribution < 1.29 is 0 Å².